The van der Waals surface area contributed by atoms with Gasteiger partial charge in [0.05, 0.1) is 5.41 Å². The number of carbonyl (C=O) groups excluding carboxylic acids is 5. The van der Waals surface area contributed by atoms with Crippen LogP contribution in [-0.2, 0) is 30.5 Å². The highest BCUT2D eigenvalue weighted by atomic mass is 16.6. The summed E-state index contributed by atoms with van der Waals surface area (Å²) in [4.78, 5) is 66.9. The van der Waals surface area contributed by atoms with Crippen molar-refractivity contribution in [3.63, 3.8) is 0 Å². The van der Waals surface area contributed by atoms with Crippen LogP contribution < -0.4 is 21.1 Å². The number of hydrogen-bond acceptors (Lipinski definition) is 8. The third-order valence-electron chi connectivity index (χ3n) is 7.58. The minimum atomic E-state index is -1.26. The van der Waals surface area contributed by atoms with E-state index in [1.165, 1.54) is 4.90 Å². The maximum absolute atomic E-state index is 13.6. The van der Waals surface area contributed by atoms with Gasteiger partial charge in [-0.1, -0.05) is 62.4 Å². The van der Waals surface area contributed by atoms with E-state index in [0.717, 1.165) is 5.56 Å². The van der Waals surface area contributed by atoms with Crippen molar-refractivity contribution in [1.29, 1.82) is 0 Å². The predicted octanol–water partition coefficient (Wildman–Crippen LogP) is 4.31. The third-order valence-corrected chi connectivity index (χ3v) is 7.58. The van der Waals surface area contributed by atoms with E-state index in [4.69, 9.17) is 19.9 Å². The maximum Gasteiger partial charge on any atom is 0.415 e. The highest BCUT2D eigenvalue weighted by Crippen LogP contribution is 2.37. The summed E-state index contributed by atoms with van der Waals surface area (Å²) in [6.45, 7) is 9.16. The van der Waals surface area contributed by atoms with Gasteiger partial charge in [-0.2, -0.15) is 0 Å². The Morgan fingerprint density at radius 1 is 0.891 bits per heavy atom. The van der Waals surface area contributed by atoms with Crippen LogP contribution in [-0.4, -0.2) is 65.6 Å². The van der Waals surface area contributed by atoms with Gasteiger partial charge in [-0.15, -0.1) is 0 Å². The Hall–Kier alpha value is -4.61. The van der Waals surface area contributed by atoms with E-state index in [9.17, 15) is 24.0 Å². The summed E-state index contributed by atoms with van der Waals surface area (Å²) in [6, 6.07) is 15.4. The van der Waals surface area contributed by atoms with Gasteiger partial charge in [-0.05, 0) is 70.1 Å². The number of benzene rings is 2. The highest BCUT2D eigenvalue weighted by molar-refractivity contribution is 5.90. The van der Waals surface area contributed by atoms with Gasteiger partial charge in [-0.3, -0.25) is 9.59 Å². The zero-order valence-corrected chi connectivity index (χ0v) is 27.2. The summed E-state index contributed by atoms with van der Waals surface area (Å²) in [7, 11) is 0. The predicted molar refractivity (Wildman–Crippen MR) is 170 cm³/mol. The molecule has 4 N–H and O–H groups in total. The van der Waals surface area contributed by atoms with Gasteiger partial charge in [-0.25, -0.2) is 14.4 Å². The number of amides is 4. The molecule has 0 aromatic heterocycles. The lowest BCUT2D eigenvalue weighted by molar-refractivity contribution is -0.160. The van der Waals surface area contributed by atoms with Crippen molar-refractivity contribution < 1.29 is 38.2 Å². The van der Waals surface area contributed by atoms with Gasteiger partial charge in [0.1, 0.15) is 30.0 Å². The molecule has 12 heteroatoms. The molecule has 2 atom stereocenters. The van der Waals surface area contributed by atoms with E-state index in [2.05, 4.69) is 10.6 Å². The number of hydrogen-bond donors (Lipinski definition) is 3. The van der Waals surface area contributed by atoms with Gasteiger partial charge in [0.2, 0.25) is 11.8 Å². The SMILES string of the molecule is CC(C)C[C@H](NC(=O)OCc1ccccc1)C(=O)N[C@@H](CC1(C(N)=O)CCN(C(=O)Oc2ccccc2)CC1)C(=O)OC(C)(C)C. The van der Waals surface area contributed by atoms with E-state index in [1.54, 1.807) is 51.1 Å². The Kier molecular flexibility index (Phi) is 12.6. The minimum Gasteiger partial charge on any atom is -0.458 e. The average molecular weight is 639 g/mol. The summed E-state index contributed by atoms with van der Waals surface area (Å²) in [5, 5.41) is 5.33. The Morgan fingerprint density at radius 3 is 2.02 bits per heavy atom. The number of primary amides is 1. The molecule has 1 fully saturated rings. The minimum absolute atomic E-state index is 0.00193. The highest BCUT2D eigenvalue weighted by Gasteiger charge is 2.46. The molecule has 2 aromatic carbocycles. The lowest BCUT2D eigenvalue weighted by Crippen LogP contribution is -2.57. The van der Waals surface area contributed by atoms with Gasteiger partial charge in [0.25, 0.3) is 0 Å². The number of rotatable bonds is 12. The number of alkyl carbamates (subject to hydrolysis) is 1. The van der Waals surface area contributed by atoms with Crippen LogP contribution in [0.3, 0.4) is 0 Å². The second kappa shape index (κ2) is 16.1. The summed E-state index contributed by atoms with van der Waals surface area (Å²) in [5.41, 5.74) is 4.58. The number of nitrogens with zero attached hydrogens (tertiary/aromatic N) is 1. The number of nitrogens with one attached hydrogen (secondary N) is 2. The van der Waals surface area contributed by atoms with Crippen LogP contribution in [0.25, 0.3) is 0 Å². The fourth-order valence-electron chi connectivity index (χ4n) is 5.16. The molecule has 3 rings (SSSR count). The standard InChI is InChI=1S/C34H46N4O8/c1-23(2)20-26(37-31(42)44-22-24-12-8-6-9-13-24)28(39)36-27(29(40)46-33(3,4)5)21-34(30(35)41)16-18-38(19-17-34)32(43)45-25-14-10-7-11-15-25/h6-15,23,26-27H,16-22H2,1-5H3,(H2,35,41)(H,36,39)(H,37,42)/t26-,27-/m0/s1. The summed E-state index contributed by atoms with van der Waals surface area (Å²) in [5.74, 6) is -1.65. The first kappa shape index (κ1) is 35.9. The molecule has 0 aliphatic carbocycles. The van der Waals surface area contributed by atoms with Crippen molar-refractivity contribution in [3.05, 3.63) is 66.2 Å². The van der Waals surface area contributed by atoms with Gasteiger partial charge >= 0.3 is 18.2 Å². The molecule has 12 nitrogen and oxygen atoms in total. The van der Waals surface area contributed by atoms with Crippen molar-refractivity contribution in [1.82, 2.24) is 15.5 Å². The van der Waals surface area contributed by atoms with Crippen LogP contribution >= 0.6 is 0 Å². The second-order valence-electron chi connectivity index (χ2n) is 13.0. The van der Waals surface area contributed by atoms with E-state index >= 15 is 0 Å². The monoisotopic (exact) mass is 638 g/mol. The van der Waals surface area contributed by atoms with Crippen LogP contribution in [0, 0.1) is 11.3 Å². The number of piperidine rings is 1. The van der Waals surface area contributed by atoms with E-state index in [1.807, 2.05) is 44.2 Å². The third kappa shape index (κ3) is 11.1. The Labute approximate surface area is 270 Å². The number of esters is 1. The first-order valence-electron chi connectivity index (χ1n) is 15.5. The smallest absolute Gasteiger partial charge is 0.415 e. The fraction of sp³-hybridized carbons (Fsp3) is 0.500. The molecule has 250 valence electrons. The Balaban J connectivity index is 1.74. The molecule has 0 spiro atoms. The molecule has 2 aromatic rings. The number of nitrogens with two attached hydrogens (primary N) is 1. The average Bonchev–Trinajstić information content (AvgIpc) is 2.99. The van der Waals surface area contributed by atoms with Crippen molar-refractivity contribution >= 4 is 30.0 Å². The maximum atomic E-state index is 13.6. The van der Waals surface area contributed by atoms with Gasteiger partial charge in [0, 0.05) is 13.1 Å². The summed E-state index contributed by atoms with van der Waals surface area (Å²) >= 11 is 0. The molecule has 4 amide bonds. The first-order valence-corrected chi connectivity index (χ1v) is 15.5. The molecule has 0 bridgehead atoms. The van der Waals surface area contributed by atoms with E-state index in [-0.39, 0.29) is 51.3 Å². The zero-order valence-electron chi connectivity index (χ0n) is 27.2. The van der Waals surface area contributed by atoms with E-state index in [0.29, 0.717) is 5.75 Å². The van der Waals surface area contributed by atoms with Crippen molar-refractivity contribution in [2.24, 2.45) is 17.1 Å². The number of para-hydroxylation sites is 1. The molecule has 0 unspecified atom stereocenters. The zero-order chi connectivity index (χ0) is 33.9. The van der Waals surface area contributed by atoms with Crippen LogP contribution in [0.2, 0.25) is 0 Å². The normalized spacial score (nSPS) is 15.7. The molecule has 1 heterocycles. The first-order chi connectivity index (χ1) is 21.7. The topological polar surface area (TPSA) is 166 Å². The van der Waals surface area contributed by atoms with Crippen molar-refractivity contribution in [2.75, 3.05) is 13.1 Å². The van der Waals surface area contributed by atoms with Crippen LogP contribution in [0.15, 0.2) is 60.7 Å². The van der Waals surface area contributed by atoms with Crippen LogP contribution in [0.1, 0.15) is 65.9 Å². The molecule has 1 aliphatic rings. The van der Waals surface area contributed by atoms with E-state index < -0.39 is 53.1 Å². The molecule has 46 heavy (non-hydrogen) atoms. The summed E-state index contributed by atoms with van der Waals surface area (Å²) in [6.07, 6.45) is -0.976. The molecular formula is C34H46N4O8. The fourth-order valence-corrected chi connectivity index (χ4v) is 5.16. The lowest BCUT2D eigenvalue weighted by atomic mass is 9.73. The Bertz CT molecular complexity index is 1340. The van der Waals surface area contributed by atoms with Crippen molar-refractivity contribution in [3.8, 4) is 5.75 Å². The molecule has 1 saturated heterocycles. The number of carbonyl (C=O) groups is 5. The lowest BCUT2D eigenvalue weighted by Gasteiger charge is -2.41. The molecule has 1 aliphatic heterocycles. The van der Waals surface area contributed by atoms with Crippen LogP contribution in [0.4, 0.5) is 9.59 Å². The van der Waals surface area contributed by atoms with Crippen LogP contribution in [0.5, 0.6) is 5.75 Å². The molecule has 0 radical (unpaired) electrons. The number of likely N-dealkylation sites (tertiary alicyclic amines) is 1. The van der Waals surface area contributed by atoms with Gasteiger partial charge < -0.3 is 35.5 Å². The molecule has 0 saturated carbocycles. The van der Waals surface area contributed by atoms with Crippen molar-refractivity contribution in [2.45, 2.75) is 84.6 Å². The second-order valence-corrected chi connectivity index (χ2v) is 13.0. The Morgan fingerprint density at radius 2 is 1.48 bits per heavy atom. The summed E-state index contributed by atoms with van der Waals surface area (Å²) < 4.78 is 16.4. The molecular weight excluding hydrogens is 592 g/mol. The largest absolute Gasteiger partial charge is 0.458 e. The number of ether oxygens (including phenoxy) is 3. The van der Waals surface area contributed by atoms with Gasteiger partial charge in [0.15, 0.2) is 0 Å². The quantitative estimate of drug-likeness (QED) is 0.289.